The van der Waals surface area contributed by atoms with E-state index in [-0.39, 0.29) is 17.1 Å². The predicted octanol–water partition coefficient (Wildman–Crippen LogP) is 1.75. The van der Waals surface area contributed by atoms with Gasteiger partial charge in [0.2, 0.25) is 0 Å². The third-order valence-electron chi connectivity index (χ3n) is 4.42. The topological polar surface area (TPSA) is 53.8 Å². The number of carbonyl (C=O) groups is 1. The molecule has 1 saturated heterocycles. The number of rotatable bonds is 3. The van der Waals surface area contributed by atoms with Gasteiger partial charge in [-0.1, -0.05) is 0 Å². The molecule has 0 radical (unpaired) electrons. The Bertz CT molecular complexity index is 557. The summed E-state index contributed by atoms with van der Waals surface area (Å²) in [6.07, 6.45) is 1.97. The molecule has 1 aliphatic heterocycles. The Morgan fingerprint density at radius 3 is 2.48 bits per heavy atom. The highest BCUT2D eigenvalue weighted by Gasteiger charge is 2.28. The van der Waals surface area contributed by atoms with Gasteiger partial charge in [0.1, 0.15) is 5.76 Å². The van der Waals surface area contributed by atoms with Crippen LogP contribution in [0, 0.1) is 12.8 Å². The van der Waals surface area contributed by atoms with Gasteiger partial charge in [-0.25, -0.2) is 0 Å². The predicted molar refractivity (Wildman–Crippen MR) is 81.5 cm³/mol. The zero-order valence-electron chi connectivity index (χ0n) is 13.3. The maximum atomic E-state index is 12.4. The maximum absolute atomic E-state index is 12.4. The van der Waals surface area contributed by atoms with Crippen LogP contribution in [-0.2, 0) is 0 Å². The largest absolute Gasteiger partial charge is 0.456 e. The summed E-state index contributed by atoms with van der Waals surface area (Å²) in [5, 5.41) is 0. The average Bonchev–Trinajstić information content (AvgIpc) is 2.44. The quantitative estimate of drug-likeness (QED) is 0.851. The van der Waals surface area contributed by atoms with E-state index < -0.39 is 0 Å². The van der Waals surface area contributed by atoms with E-state index >= 15 is 0 Å². The van der Waals surface area contributed by atoms with E-state index in [0.717, 1.165) is 25.9 Å². The summed E-state index contributed by atoms with van der Waals surface area (Å²) < 4.78 is 5.39. The molecule has 116 valence electrons. The molecule has 0 unspecified atom stereocenters. The minimum atomic E-state index is -0.182. The van der Waals surface area contributed by atoms with Crippen molar-refractivity contribution in [3.8, 4) is 0 Å². The summed E-state index contributed by atoms with van der Waals surface area (Å²) in [6.45, 7) is 5.35. The van der Waals surface area contributed by atoms with E-state index in [1.807, 2.05) is 0 Å². The van der Waals surface area contributed by atoms with Gasteiger partial charge in [0, 0.05) is 31.3 Å². The second-order valence-electron chi connectivity index (χ2n) is 6.10. The van der Waals surface area contributed by atoms with Crippen molar-refractivity contribution in [1.29, 1.82) is 0 Å². The number of nitrogens with zero attached hydrogens (tertiary/aromatic N) is 2. The first-order valence-corrected chi connectivity index (χ1v) is 7.46. The molecule has 0 aromatic carbocycles. The van der Waals surface area contributed by atoms with Crippen molar-refractivity contribution >= 4 is 5.91 Å². The summed E-state index contributed by atoms with van der Waals surface area (Å²) in [4.78, 5) is 27.9. The number of amides is 1. The molecule has 1 aromatic rings. The first-order valence-electron chi connectivity index (χ1n) is 7.46. The van der Waals surface area contributed by atoms with Gasteiger partial charge in [0.15, 0.2) is 11.2 Å². The monoisotopic (exact) mass is 292 g/mol. The van der Waals surface area contributed by atoms with Crippen molar-refractivity contribution in [2.75, 3.05) is 27.2 Å². The Hall–Kier alpha value is -1.62. The molecular weight excluding hydrogens is 268 g/mol. The lowest BCUT2D eigenvalue weighted by Gasteiger charge is -2.37. The molecule has 2 rings (SSSR count). The first-order chi connectivity index (χ1) is 9.88. The Kier molecular flexibility index (Phi) is 4.83. The lowest BCUT2D eigenvalue weighted by molar-refractivity contribution is 0.0606. The Balaban J connectivity index is 2.02. The lowest BCUT2D eigenvalue weighted by atomic mass is 9.89. The van der Waals surface area contributed by atoms with Gasteiger partial charge in [-0.05, 0) is 46.7 Å². The summed E-state index contributed by atoms with van der Waals surface area (Å²) in [5.74, 6) is 1.06. The van der Waals surface area contributed by atoms with E-state index in [1.165, 1.54) is 12.1 Å². The molecule has 21 heavy (non-hydrogen) atoms. The van der Waals surface area contributed by atoms with Gasteiger partial charge in [0.05, 0.1) is 0 Å². The van der Waals surface area contributed by atoms with E-state index in [2.05, 4.69) is 25.9 Å². The van der Waals surface area contributed by atoms with Crippen LogP contribution in [0.3, 0.4) is 0 Å². The van der Waals surface area contributed by atoms with Crippen molar-refractivity contribution in [2.24, 2.45) is 5.92 Å². The van der Waals surface area contributed by atoms with Gasteiger partial charge in [-0.15, -0.1) is 0 Å². The molecular formula is C16H24N2O3. The molecule has 0 saturated carbocycles. The molecule has 1 amide bonds. The average molecular weight is 292 g/mol. The number of piperidine rings is 1. The smallest absolute Gasteiger partial charge is 0.289 e. The first kappa shape index (κ1) is 15.8. The second-order valence-corrected chi connectivity index (χ2v) is 6.10. The summed E-state index contributed by atoms with van der Waals surface area (Å²) in [7, 11) is 4.17. The van der Waals surface area contributed by atoms with Crippen LogP contribution in [0.4, 0.5) is 0 Å². The fourth-order valence-corrected chi connectivity index (χ4v) is 2.87. The standard InChI is InChI=1S/C16H24N2O3/c1-11-9-14(19)10-15(21-11)16(20)18-7-5-13(6-8-18)12(2)17(3)4/h9-10,12-13H,5-8H2,1-4H3/t12-/m0/s1. The number of hydrogen-bond acceptors (Lipinski definition) is 4. The third kappa shape index (κ3) is 3.73. The van der Waals surface area contributed by atoms with Gasteiger partial charge in [-0.2, -0.15) is 0 Å². The molecule has 0 aliphatic carbocycles. The minimum Gasteiger partial charge on any atom is -0.456 e. The van der Waals surface area contributed by atoms with Crippen LogP contribution in [0.15, 0.2) is 21.3 Å². The van der Waals surface area contributed by atoms with Gasteiger partial charge in [-0.3, -0.25) is 9.59 Å². The molecule has 5 nitrogen and oxygen atoms in total. The van der Waals surface area contributed by atoms with E-state index in [4.69, 9.17) is 4.42 Å². The highest BCUT2D eigenvalue weighted by molar-refractivity contribution is 5.91. The van der Waals surface area contributed by atoms with Crippen molar-refractivity contribution < 1.29 is 9.21 Å². The fraction of sp³-hybridized carbons (Fsp3) is 0.625. The van der Waals surface area contributed by atoms with Crippen LogP contribution in [0.5, 0.6) is 0 Å². The van der Waals surface area contributed by atoms with Crippen LogP contribution in [0.2, 0.25) is 0 Å². The third-order valence-corrected chi connectivity index (χ3v) is 4.42. The van der Waals surface area contributed by atoms with Crippen molar-refractivity contribution in [3.63, 3.8) is 0 Å². The number of likely N-dealkylation sites (tertiary alicyclic amines) is 1. The summed E-state index contributed by atoms with van der Waals surface area (Å²) >= 11 is 0. The van der Waals surface area contributed by atoms with E-state index in [1.54, 1.807) is 11.8 Å². The van der Waals surface area contributed by atoms with E-state index in [0.29, 0.717) is 17.7 Å². The zero-order valence-corrected chi connectivity index (χ0v) is 13.3. The van der Waals surface area contributed by atoms with Gasteiger partial charge in [0.25, 0.3) is 5.91 Å². The fourth-order valence-electron chi connectivity index (χ4n) is 2.87. The Morgan fingerprint density at radius 1 is 1.33 bits per heavy atom. The van der Waals surface area contributed by atoms with Crippen LogP contribution in [-0.4, -0.2) is 48.9 Å². The molecule has 1 atom stereocenters. The number of carbonyl (C=O) groups excluding carboxylic acids is 1. The van der Waals surface area contributed by atoms with Crippen molar-refractivity contribution in [1.82, 2.24) is 9.80 Å². The van der Waals surface area contributed by atoms with Crippen molar-refractivity contribution in [3.05, 3.63) is 33.9 Å². The Labute approximate surface area is 125 Å². The SMILES string of the molecule is Cc1cc(=O)cc(C(=O)N2CCC([C@H](C)N(C)C)CC2)o1. The molecule has 0 N–H and O–H groups in total. The van der Waals surface area contributed by atoms with Crippen molar-refractivity contribution in [2.45, 2.75) is 32.7 Å². The van der Waals surface area contributed by atoms with Crippen LogP contribution in [0.1, 0.15) is 36.1 Å². The maximum Gasteiger partial charge on any atom is 0.289 e. The van der Waals surface area contributed by atoms with Crippen LogP contribution in [0.25, 0.3) is 0 Å². The minimum absolute atomic E-state index is 0.152. The van der Waals surface area contributed by atoms with Gasteiger partial charge >= 0.3 is 0 Å². The van der Waals surface area contributed by atoms with Gasteiger partial charge < -0.3 is 14.2 Å². The lowest BCUT2D eigenvalue weighted by Crippen LogP contribution is -2.43. The second kappa shape index (κ2) is 6.43. The van der Waals surface area contributed by atoms with Crippen LogP contribution < -0.4 is 5.43 Å². The number of aryl methyl sites for hydroxylation is 1. The van der Waals surface area contributed by atoms with E-state index in [9.17, 15) is 9.59 Å². The zero-order chi connectivity index (χ0) is 15.6. The summed E-state index contributed by atoms with van der Waals surface area (Å²) in [5.41, 5.74) is -0.182. The molecule has 1 aliphatic rings. The number of hydrogen-bond donors (Lipinski definition) is 0. The molecule has 2 heterocycles. The molecule has 1 aromatic heterocycles. The Morgan fingerprint density at radius 2 is 1.95 bits per heavy atom. The molecule has 5 heteroatoms. The molecule has 0 spiro atoms. The highest BCUT2D eigenvalue weighted by atomic mass is 16.3. The summed E-state index contributed by atoms with van der Waals surface area (Å²) in [6, 6.07) is 3.19. The highest BCUT2D eigenvalue weighted by Crippen LogP contribution is 2.23. The van der Waals surface area contributed by atoms with Crippen LogP contribution >= 0.6 is 0 Å². The molecule has 0 bridgehead atoms. The molecule has 1 fully saturated rings. The normalized spacial score (nSPS) is 18.0.